The monoisotopic (exact) mass is 398 g/mol. The predicted octanol–water partition coefficient (Wildman–Crippen LogP) is 3.33. The Hall–Kier alpha value is -1.77. The number of hydrogen-bond acceptors (Lipinski definition) is 4. The van der Waals surface area contributed by atoms with E-state index in [1.165, 1.54) is 28.4 Å². The van der Waals surface area contributed by atoms with E-state index in [1.807, 2.05) is 0 Å². The molecule has 1 unspecified atom stereocenters. The molecule has 2 amide bonds. The summed E-state index contributed by atoms with van der Waals surface area (Å²) in [5, 5.41) is 12.3. The Kier molecular flexibility index (Phi) is 4.22. The number of benzene rings is 1. The summed E-state index contributed by atoms with van der Waals surface area (Å²) in [6.07, 6.45) is -0.953. The molecule has 1 aliphatic rings. The number of aryl methyl sites for hydroxylation is 1. The number of carbonyl (C=O) groups is 2. The van der Waals surface area contributed by atoms with E-state index >= 15 is 0 Å². The number of thiophene rings is 1. The van der Waals surface area contributed by atoms with Gasteiger partial charge in [-0.15, -0.1) is 11.3 Å². The Labute approximate surface area is 144 Å². The molecule has 5 nitrogen and oxygen atoms in total. The van der Waals surface area contributed by atoms with Gasteiger partial charge in [-0.25, -0.2) is 4.39 Å². The minimum absolute atomic E-state index is 0.0868. The molecule has 1 saturated heterocycles. The molecule has 1 atom stereocenters. The predicted molar refractivity (Wildman–Crippen MR) is 85.6 cm³/mol. The van der Waals surface area contributed by atoms with Gasteiger partial charge >= 0.3 is 0 Å². The first-order valence-electron chi connectivity index (χ1n) is 6.71. The fourth-order valence-corrected chi connectivity index (χ4v) is 4.08. The maximum atomic E-state index is 14.1. The molecule has 1 aliphatic heterocycles. The van der Waals surface area contributed by atoms with Crippen molar-refractivity contribution in [1.82, 2.24) is 9.96 Å². The van der Waals surface area contributed by atoms with Crippen LogP contribution in [0.2, 0.25) is 0 Å². The average Bonchev–Trinajstić information content (AvgIpc) is 3.03. The van der Waals surface area contributed by atoms with E-state index in [9.17, 15) is 19.2 Å². The van der Waals surface area contributed by atoms with E-state index in [0.717, 1.165) is 4.47 Å². The molecule has 23 heavy (non-hydrogen) atoms. The number of carbonyl (C=O) groups excluding carboxylic acids is 2. The lowest BCUT2D eigenvalue weighted by molar-refractivity contribution is -0.168. The molecule has 2 heterocycles. The average molecular weight is 399 g/mol. The largest absolute Gasteiger partial charge is 0.302 e. The minimum Gasteiger partial charge on any atom is -0.302 e. The molecule has 2 aromatic rings. The Morgan fingerprint density at radius 3 is 2.83 bits per heavy atom. The van der Waals surface area contributed by atoms with E-state index in [0.29, 0.717) is 15.5 Å². The molecule has 0 bridgehead atoms. The van der Waals surface area contributed by atoms with Crippen molar-refractivity contribution < 1.29 is 19.2 Å². The zero-order chi connectivity index (χ0) is 16.7. The summed E-state index contributed by atoms with van der Waals surface area (Å²) in [6, 6.07) is 6.06. The third-order valence-corrected chi connectivity index (χ3v) is 5.36. The van der Waals surface area contributed by atoms with Crippen LogP contribution in [0.15, 0.2) is 34.1 Å². The van der Waals surface area contributed by atoms with Crippen LogP contribution in [0.5, 0.6) is 0 Å². The molecular weight excluding hydrogens is 387 g/mol. The van der Waals surface area contributed by atoms with Crippen molar-refractivity contribution in [3.8, 4) is 0 Å². The Balaban J connectivity index is 2.03. The van der Waals surface area contributed by atoms with Crippen molar-refractivity contribution in [2.24, 2.45) is 0 Å². The van der Waals surface area contributed by atoms with Crippen LogP contribution in [0.25, 0.3) is 0 Å². The second kappa shape index (κ2) is 6.03. The molecule has 1 aromatic heterocycles. The van der Waals surface area contributed by atoms with Crippen molar-refractivity contribution in [3.63, 3.8) is 0 Å². The third-order valence-electron chi connectivity index (χ3n) is 3.63. The second-order valence-electron chi connectivity index (χ2n) is 5.14. The van der Waals surface area contributed by atoms with Crippen molar-refractivity contribution in [2.75, 3.05) is 6.54 Å². The van der Waals surface area contributed by atoms with Crippen molar-refractivity contribution in [1.29, 1.82) is 0 Å². The van der Waals surface area contributed by atoms with Crippen LogP contribution in [0.4, 0.5) is 4.39 Å². The van der Waals surface area contributed by atoms with Gasteiger partial charge in [-0.3, -0.25) is 14.8 Å². The van der Waals surface area contributed by atoms with Gasteiger partial charge in [-0.2, -0.15) is 5.06 Å². The van der Waals surface area contributed by atoms with Gasteiger partial charge in [0.05, 0.1) is 10.4 Å². The van der Waals surface area contributed by atoms with Gasteiger partial charge in [0.2, 0.25) is 0 Å². The van der Waals surface area contributed by atoms with Crippen LogP contribution in [-0.4, -0.2) is 33.5 Å². The molecule has 0 aliphatic carbocycles. The molecule has 3 rings (SSSR count). The van der Waals surface area contributed by atoms with Crippen molar-refractivity contribution in [3.05, 3.63) is 55.9 Å². The van der Waals surface area contributed by atoms with Gasteiger partial charge in [0.25, 0.3) is 11.8 Å². The Bertz CT molecular complexity index is 775. The molecule has 1 N–H and O–H groups in total. The quantitative estimate of drug-likeness (QED) is 0.789. The van der Waals surface area contributed by atoms with Crippen LogP contribution in [0, 0.1) is 12.7 Å². The summed E-state index contributed by atoms with van der Waals surface area (Å²) in [5.74, 6) is -1.88. The van der Waals surface area contributed by atoms with Gasteiger partial charge in [-0.1, -0.05) is 12.1 Å². The summed E-state index contributed by atoms with van der Waals surface area (Å²) >= 11 is 4.59. The molecule has 0 saturated carbocycles. The van der Waals surface area contributed by atoms with Crippen LogP contribution in [0.1, 0.15) is 27.0 Å². The van der Waals surface area contributed by atoms with Gasteiger partial charge in [0.1, 0.15) is 12.4 Å². The number of halogens is 2. The number of hydrogen-bond donors (Lipinski definition) is 1. The lowest BCUT2D eigenvalue weighted by atomic mass is 10.1. The first-order valence-corrected chi connectivity index (χ1v) is 8.38. The molecule has 8 heteroatoms. The highest BCUT2D eigenvalue weighted by molar-refractivity contribution is 9.10. The van der Waals surface area contributed by atoms with Gasteiger partial charge in [-0.05, 0) is 40.5 Å². The van der Waals surface area contributed by atoms with E-state index in [4.69, 9.17) is 0 Å². The normalized spacial score (nSPS) is 17.9. The molecule has 0 spiro atoms. The van der Waals surface area contributed by atoms with Gasteiger partial charge < -0.3 is 4.90 Å². The van der Waals surface area contributed by atoms with E-state index in [2.05, 4.69) is 15.9 Å². The number of hydroxylamine groups is 2. The standard InChI is InChI=1S/C15H12BrFN2O3S/c1-8-3-2-4-10(17)13(8)15(21)18-6-12(20)19(22)14(18)11-5-9(16)7-23-11/h2-5,7,14,22H,6H2,1H3. The summed E-state index contributed by atoms with van der Waals surface area (Å²) in [7, 11) is 0. The number of amides is 2. The molecular formula is C15H12BrFN2O3S. The second-order valence-corrected chi connectivity index (χ2v) is 7.00. The highest BCUT2D eigenvalue weighted by Crippen LogP contribution is 2.36. The maximum absolute atomic E-state index is 14.1. The van der Waals surface area contributed by atoms with Gasteiger partial charge in [0, 0.05) is 9.85 Å². The summed E-state index contributed by atoms with van der Waals surface area (Å²) in [5.41, 5.74) is 0.390. The van der Waals surface area contributed by atoms with Crippen LogP contribution in [-0.2, 0) is 4.79 Å². The van der Waals surface area contributed by atoms with Crippen LogP contribution < -0.4 is 0 Å². The van der Waals surface area contributed by atoms with Crippen LogP contribution >= 0.6 is 27.3 Å². The Morgan fingerprint density at radius 2 is 2.22 bits per heavy atom. The minimum atomic E-state index is -0.953. The Morgan fingerprint density at radius 1 is 1.48 bits per heavy atom. The number of rotatable bonds is 2. The number of nitrogens with zero attached hydrogens (tertiary/aromatic N) is 2. The fourth-order valence-electron chi connectivity index (χ4n) is 2.54. The van der Waals surface area contributed by atoms with E-state index in [-0.39, 0.29) is 12.1 Å². The topological polar surface area (TPSA) is 60.9 Å². The maximum Gasteiger partial charge on any atom is 0.267 e. The van der Waals surface area contributed by atoms with Crippen LogP contribution in [0.3, 0.4) is 0 Å². The third kappa shape index (κ3) is 2.77. The fraction of sp³-hybridized carbons (Fsp3) is 0.200. The summed E-state index contributed by atoms with van der Waals surface area (Å²) in [6.45, 7) is 1.32. The van der Waals surface area contributed by atoms with E-state index < -0.39 is 23.8 Å². The first kappa shape index (κ1) is 16.1. The lowest BCUT2D eigenvalue weighted by Gasteiger charge is -2.25. The SMILES string of the molecule is Cc1cccc(F)c1C(=O)N1CC(=O)N(O)C1c1cc(Br)cs1. The van der Waals surface area contributed by atoms with Gasteiger partial charge in [0.15, 0.2) is 6.17 Å². The van der Waals surface area contributed by atoms with Crippen molar-refractivity contribution in [2.45, 2.75) is 13.1 Å². The highest BCUT2D eigenvalue weighted by atomic mass is 79.9. The molecule has 120 valence electrons. The summed E-state index contributed by atoms with van der Waals surface area (Å²) in [4.78, 5) is 26.4. The smallest absolute Gasteiger partial charge is 0.267 e. The highest BCUT2D eigenvalue weighted by Gasteiger charge is 2.43. The van der Waals surface area contributed by atoms with E-state index in [1.54, 1.807) is 24.4 Å². The molecule has 1 aromatic carbocycles. The zero-order valence-electron chi connectivity index (χ0n) is 12.0. The first-order chi connectivity index (χ1) is 10.9. The molecule has 1 fully saturated rings. The van der Waals surface area contributed by atoms with Crippen molar-refractivity contribution >= 4 is 39.1 Å². The summed E-state index contributed by atoms with van der Waals surface area (Å²) < 4.78 is 14.8. The zero-order valence-corrected chi connectivity index (χ0v) is 14.4. The lowest BCUT2D eigenvalue weighted by Crippen LogP contribution is -2.34. The molecule has 0 radical (unpaired) electrons.